The van der Waals surface area contributed by atoms with Crippen molar-refractivity contribution in [2.75, 3.05) is 0 Å². The average molecular weight is 326 g/mol. The molecule has 0 heterocycles. The van der Waals surface area contributed by atoms with Crippen LogP contribution in [0.1, 0.15) is 72.6 Å². The monoisotopic (exact) mass is 326 g/mol. The van der Waals surface area contributed by atoms with Gasteiger partial charge in [-0.25, -0.2) is 0 Å². The van der Waals surface area contributed by atoms with Crippen LogP contribution in [0.5, 0.6) is 0 Å². The summed E-state index contributed by atoms with van der Waals surface area (Å²) in [7, 11) is 0. The van der Waals surface area contributed by atoms with Crippen LogP contribution in [-0.4, -0.2) is 28.1 Å². The molecular formula is C19H34O4. The number of rotatable bonds is 12. The summed E-state index contributed by atoms with van der Waals surface area (Å²) in [6.45, 7) is 8.07. The first-order valence-corrected chi connectivity index (χ1v) is 9.25. The number of hydrogen-bond donors (Lipinski definition) is 2. The normalized spacial score (nSPS) is 25.4. The van der Waals surface area contributed by atoms with Crippen molar-refractivity contribution >= 4 is 11.8 Å². The molecule has 1 saturated carbocycles. The van der Waals surface area contributed by atoms with Gasteiger partial charge in [0.25, 0.3) is 0 Å². The first-order valence-electron chi connectivity index (χ1n) is 9.25. The Kier molecular flexibility index (Phi) is 8.24. The topological polar surface area (TPSA) is 74.6 Å². The summed E-state index contributed by atoms with van der Waals surface area (Å²) in [5.74, 6) is 0.809. The highest BCUT2D eigenvalue weighted by Crippen LogP contribution is 2.48. The van der Waals surface area contributed by atoms with Gasteiger partial charge in [-0.15, -0.1) is 0 Å². The fourth-order valence-electron chi connectivity index (χ4n) is 3.56. The molecule has 1 aliphatic carbocycles. The van der Waals surface area contributed by atoms with Crippen molar-refractivity contribution in [3.8, 4) is 0 Å². The largest absolute Gasteiger partial charge is 0.481 e. The molecule has 0 aromatic carbocycles. The van der Waals surface area contributed by atoms with E-state index in [4.69, 9.17) is 5.11 Å². The molecule has 4 nitrogen and oxygen atoms in total. The Hall–Kier alpha value is -0.900. The Morgan fingerprint density at radius 3 is 2.30 bits per heavy atom. The van der Waals surface area contributed by atoms with Crippen molar-refractivity contribution in [1.82, 2.24) is 0 Å². The number of ketones is 1. The molecule has 0 bridgehead atoms. The van der Waals surface area contributed by atoms with Gasteiger partial charge in [0.05, 0.1) is 12.0 Å². The highest BCUT2D eigenvalue weighted by Gasteiger charge is 2.41. The third-order valence-corrected chi connectivity index (χ3v) is 5.77. The molecule has 134 valence electrons. The van der Waals surface area contributed by atoms with Crippen LogP contribution in [0.2, 0.25) is 0 Å². The fourth-order valence-corrected chi connectivity index (χ4v) is 3.56. The van der Waals surface area contributed by atoms with Gasteiger partial charge < -0.3 is 10.2 Å². The van der Waals surface area contributed by atoms with Gasteiger partial charge in [-0.1, -0.05) is 27.7 Å². The predicted molar refractivity (Wildman–Crippen MR) is 91.1 cm³/mol. The molecule has 0 aliphatic heterocycles. The van der Waals surface area contributed by atoms with Gasteiger partial charge in [0.15, 0.2) is 0 Å². The molecule has 0 saturated heterocycles. The van der Waals surface area contributed by atoms with E-state index in [2.05, 4.69) is 13.8 Å². The maximum absolute atomic E-state index is 11.9. The zero-order valence-electron chi connectivity index (χ0n) is 15.1. The minimum atomic E-state index is -0.899. The van der Waals surface area contributed by atoms with Gasteiger partial charge in [-0.3, -0.25) is 9.59 Å². The lowest BCUT2D eigenvalue weighted by molar-refractivity contribution is -0.146. The van der Waals surface area contributed by atoms with Crippen LogP contribution in [0, 0.1) is 29.6 Å². The Morgan fingerprint density at radius 1 is 1.13 bits per heavy atom. The van der Waals surface area contributed by atoms with Crippen molar-refractivity contribution < 1.29 is 19.8 Å². The first-order chi connectivity index (χ1) is 10.8. The Labute approximate surface area is 140 Å². The van der Waals surface area contributed by atoms with E-state index in [-0.39, 0.29) is 5.92 Å². The van der Waals surface area contributed by atoms with Crippen molar-refractivity contribution in [2.24, 2.45) is 29.6 Å². The summed E-state index contributed by atoms with van der Waals surface area (Å²) >= 11 is 0. The highest BCUT2D eigenvalue weighted by molar-refractivity contribution is 5.80. The van der Waals surface area contributed by atoms with Gasteiger partial charge >= 0.3 is 5.97 Å². The van der Waals surface area contributed by atoms with E-state index in [1.54, 1.807) is 6.92 Å². The predicted octanol–water partition coefficient (Wildman–Crippen LogP) is 3.91. The quantitative estimate of drug-likeness (QED) is 0.570. The Morgan fingerprint density at radius 2 is 1.78 bits per heavy atom. The van der Waals surface area contributed by atoms with Gasteiger partial charge in [0, 0.05) is 12.3 Å². The summed E-state index contributed by atoms with van der Waals surface area (Å²) in [6, 6.07) is 0. The highest BCUT2D eigenvalue weighted by atomic mass is 16.4. The SMILES string of the molecule is CCC(C)C(=O)CCC(C)C1CC1CCC(O)C(CC)C(=O)O. The summed E-state index contributed by atoms with van der Waals surface area (Å²) in [4.78, 5) is 22.9. The van der Waals surface area contributed by atoms with E-state index < -0.39 is 18.0 Å². The van der Waals surface area contributed by atoms with Crippen LogP contribution in [0.25, 0.3) is 0 Å². The molecule has 6 unspecified atom stereocenters. The van der Waals surface area contributed by atoms with E-state index in [0.29, 0.717) is 42.8 Å². The number of carboxylic acids is 1. The summed E-state index contributed by atoms with van der Waals surface area (Å²) in [6.07, 6.45) is 4.93. The van der Waals surface area contributed by atoms with Crippen molar-refractivity contribution in [1.29, 1.82) is 0 Å². The van der Waals surface area contributed by atoms with E-state index in [0.717, 1.165) is 25.7 Å². The second-order valence-electron chi connectivity index (χ2n) is 7.45. The third-order valence-electron chi connectivity index (χ3n) is 5.77. The smallest absolute Gasteiger partial charge is 0.309 e. The summed E-state index contributed by atoms with van der Waals surface area (Å²) < 4.78 is 0. The van der Waals surface area contributed by atoms with Gasteiger partial charge in [-0.2, -0.15) is 0 Å². The van der Waals surface area contributed by atoms with Crippen LogP contribution >= 0.6 is 0 Å². The molecule has 23 heavy (non-hydrogen) atoms. The molecular weight excluding hydrogens is 292 g/mol. The molecule has 0 spiro atoms. The van der Waals surface area contributed by atoms with E-state index in [1.807, 2.05) is 6.92 Å². The van der Waals surface area contributed by atoms with Crippen LogP contribution < -0.4 is 0 Å². The molecule has 0 amide bonds. The number of carbonyl (C=O) groups excluding carboxylic acids is 1. The number of aliphatic carboxylic acids is 1. The van der Waals surface area contributed by atoms with E-state index in [9.17, 15) is 14.7 Å². The van der Waals surface area contributed by atoms with Gasteiger partial charge in [0.2, 0.25) is 0 Å². The molecule has 1 aliphatic rings. The van der Waals surface area contributed by atoms with Crippen molar-refractivity contribution in [2.45, 2.75) is 78.7 Å². The molecule has 1 fully saturated rings. The number of Topliss-reactive ketones (excluding diaryl/α,β-unsaturated/α-hetero) is 1. The van der Waals surface area contributed by atoms with Crippen LogP contribution in [0.15, 0.2) is 0 Å². The lowest BCUT2D eigenvalue weighted by atomic mass is 9.91. The van der Waals surface area contributed by atoms with Crippen LogP contribution in [-0.2, 0) is 9.59 Å². The Bertz CT molecular complexity index is 393. The molecule has 0 aromatic heterocycles. The standard InChI is InChI=1S/C19H34O4/c1-5-12(3)17(20)9-7-13(4)16-11-14(16)8-10-18(21)15(6-2)19(22)23/h12-16,18,21H,5-11H2,1-4H3,(H,22,23). The van der Waals surface area contributed by atoms with Crippen molar-refractivity contribution in [3.05, 3.63) is 0 Å². The summed E-state index contributed by atoms with van der Waals surface area (Å²) in [5, 5.41) is 19.1. The number of aliphatic hydroxyl groups excluding tert-OH is 1. The molecule has 0 radical (unpaired) electrons. The maximum atomic E-state index is 11.9. The molecule has 2 N–H and O–H groups in total. The Balaban J connectivity index is 2.26. The molecule has 4 heteroatoms. The second kappa shape index (κ2) is 9.41. The van der Waals surface area contributed by atoms with Gasteiger partial charge in [-0.05, 0) is 56.3 Å². The number of aliphatic hydroxyl groups is 1. The minimum Gasteiger partial charge on any atom is -0.481 e. The zero-order valence-corrected chi connectivity index (χ0v) is 15.1. The summed E-state index contributed by atoms with van der Waals surface area (Å²) in [5.41, 5.74) is 0. The second-order valence-corrected chi connectivity index (χ2v) is 7.45. The van der Waals surface area contributed by atoms with Crippen LogP contribution in [0.4, 0.5) is 0 Å². The molecule has 0 aromatic rings. The minimum absolute atomic E-state index is 0.175. The van der Waals surface area contributed by atoms with Crippen LogP contribution in [0.3, 0.4) is 0 Å². The van der Waals surface area contributed by atoms with E-state index >= 15 is 0 Å². The number of carbonyl (C=O) groups is 2. The first kappa shape index (κ1) is 20.1. The third kappa shape index (κ3) is 6.25. The maximum Gasteiger partial charge on any atom is 0.309 e. The number of hydrogen-bond acceptors (Lipinski definition) is 3. The molecule has 6 atom stereocenters. The lowest BCUT2D eigenvalue weighted by Gasteiger charge is -2.17. The molecule has 1 rings (SSSR count). The number of carboxylic acid groups (broad SMARTS) is 1. The zero-order chi connectivity index (χ0) is 17.6. The fraction of sp³-hybridized carbons (Fsp3) is 0.895. The van der Waals surface area contributed by atoms with Gasteiger partial charge in [0.1, 0.15) is 5.78 Å². The average Bonchev–Trinajstić information content (AvgIpc) is 3.29. The van der Waals surface area contributed by atoms with Crippen molar-refractivity contribution in [3.63, 3.8) is 0 Å². The van der Waals surface area contributed by atoms with E-state index in [1.165, 1.54) is 0 Å². The lowest BCUT2D eigenvalue weighted by Crippen LogP contribution is -2.27.